The van der Waals surface area contributed by atoms with Crippen LogP contribution >= 0.6 is 22.9 Å². The summed E-state index contributed by atoms with van der Waals surface area (Å²) in [6.07, 6.45) is 4.11. The molecule has 4 aromatic rings. The molecule has 2 aromatic heterocycles. The summed E-state index contributed by atoms with van der Waals surface area (Å²) in [5.41, 5.74) is 2.99. The molecule has 3 heterocycles. The fourth-order valence-electron chi connectivity index (χ4n) is 4.63. The lowest BCUT2D eigenvalue weighted by Crippen LogP contribution is -2.51. The number of hydrogen-bond acceptors (Lipinski definition) is 4. The van der Waals surface area contributed by atoms with Crippen molar-refractivity contribution >= 4 is 55.9 Å². The molecule has 1 aliphatic heterocycles. The van der Waals surface area contributed by atoms with Crippen LogP contribution in [0.1, 0.15) is 36.3 Å². The van der Waals surface area contributed by atoms with Crippen molar-refractivity contribution in [1.29, 1.82) is 0 Å². The zero-order valence-corrected chi connectivity index (χ0v) is 19.9. The average molecular weight is 481 g/mol. The summed E-state index contributed by atoms with van der Waals surface area (Å²) in [6, 6.07) is 13.2. The van der Waals surface area contributed by atoms with E-state index in [-0.39, 0.29) is 11.8 Å². The predicted molar refractivity (Wildman–Crippen MR) is 133 cm³/mol. The number of likely N-dealkylation sites (tertiary alicyclic amines) is 1. The lowest BCUT2D eigenvalue weighted by molar-refractivity contribution is -0.137. The van der Waals surface area contributed by atoms with Crippen molar-refractivity contribution in [3.05, 3.63) is 64.3 Å². The maximum Gasteiger partial charge on any atom is 0.245 e. The first-order chi connectivity index (χ1) is 16.0. The molecule has 1 fully saturated rings. The number of benzene rings is 2. The van der Waals surface area contributed by atoms with E-state index in [4.69, 9.17) is 16.6 Å². The lowest BCUT2D eigenvalue weighted by atomic mass is 9.96. The number of fused-ring (bicyclic) bond motifs is 2. The van der Waals surface area contributed by atoms with Crippen LogP contribution in [0.25, 0.3) is 21.1 Å². The lowest BCUT2D eigenvalue weighted by Gasteiger charge is -2.33. The van der Waals surface area contributed by atoms with E-state index < -0.39 is 6.04 Å². The highest BCUT2D eigenvalue weighted by Crippen LogP contribution is 2.35. The number of halogens is 1. The van der Waals surface area contributed by atoms with E-state index in [2.05, 4.69) is 10.3 Å². The molecule has 0 spiro atoms. The Morgan fingerprint density at radius 3 is 2.82 bits per heavy atom. The molecule has 6 nitrogen and oxygen atoms in total. The number of aromatic amines is 1. The van der Waals surface area contributed by atoms with Crippen LogP contribution in [0.5, 0.6) is 0 Å². The minimum absolute atomic E-state index is 0.0231. The normalized spacial score (nSPS) is 15.8. The van der Waals surface area contributed by atoms with Gasteiger partial charge in [-0.05, 0) is 42.7 Å². The van der Waals surface area contributed by atoms with Gasteiger partial charge in [-0.1, -0.05) is 29.8 Å². The fraction of sp³-hybridized carbons (Fsp3) is 0.320. The predicted octanol–water partition coefficient (Wildman–Crippen LogP) is 4.88. The van der Waals surface area contributed by atoms with Gasteiger partial charge >= 0.3 is 0 Å². The number of carbonyl (C=O) groups is 2. The summed E-state index contributed by atoms with van der Waals surface area (Å²) in [6.45, 7) is 2.77. The van der Waals surface area contributed by atoms with Crippen molar-refractivity contribution in [3.63, 3.8) is 0 Å². The van der Waals surface area contributed by atoms with Gasteiger partial charge in [-0.15, -0.1) is 11.3 Å². The Labute approximate surface area is 201 Å². The second kappa shape index (κ2) is 9.15. The summed E-state index contributed by atoms with van der Waals surface area (Å²) in [5, 5.41) is 5.76. The smallest absolute Gasteiger partial charge is 0.245 e. The van der Waals surface area contributed by atoms with Gasteiger partial charge in [0.25, 0.3) is 0 Å². The molecule has 33 heavy (non-hydrogen) atoms. The van der Waals surface area contributed by atoms with Gasteiger partial charge in [0.05, 0.1) is 15.2 Å². The van der Waals surface area contributed by atoms with E-state index in [1.165, 1.54) is 6.92 Å². The first-order valence-corrected chi connectivity index (χ1v) is 12.3. The molecule has 2 N–H and O–H groups in total. The molecule has 1 atom stereocenters. The fourth-order valence-corrected chi connectivity index (χ4v) is 5.91. The molecule has 0 aliphatic carbocycles. The number of hydrogen-bond donors (Lipinski definition) is 2. The zero-order valence-electron chi connectivity index (χ0n) is 18.3. The van der Waals surface area contributed by atoms with E-state index in [0.717, 1.165) is 44.5 Å². The van der Waals surface area contributed by atoms with Crippen LogP contribution in [0.15, 0.2) is 48.7 Å². The minimum atomic E-state index is -0.581. The minimum Gasteiger partial charge on any atom is -0.361 e. The molecule has 0 radical (unpaired) electrons. The number of nitrogens with zero attached hydrogens (tertiary/aromatic N) is 2. The van der Waals surface area contributed by atoms with Crippen LogP contribution in [0.3, 0.4) is 0 Å². The van der Waals surface area contributed by atoms with E-state index in [9.17, 15) is 9.59 Å². The summed E-state index contributed by atoms with van der Waals surface area (Å²) in [4.78, 5) is 35.2. The van der Waals surface area contributed by atoms with Crippen LogP contribution in [0.2, 0.25) is 5.02 Å². The van der Waals surface area contributed by atoms with Crippen molar-refractivity contribution in [2.24, 2.45) is 0 Å². The van der Waals surface area contributed by atoms with Crippen molar-refractivity contribution in [3.8, 4) is 0 Å². The summed E-state index contributed by atoms with van der Waals surface area (Å²) in [7, 11) is 0. The first kappa shape index (κ1) is 21.9. The van der Waals surface area contributed by atoms with Crippen LogP contribution in [0, 0.1) is 0 Å². The van der Waals surface area contributed by atoms with Crippen LogP contribution in [0.4, 0.5) is 0 Å². The largest absolute Gasteiger partial charge is 0.361 e. The molecule has 5 rings (SSSR count). The van der Waals surface area contributed by atoms with Gasteiger partial charge in [0.15, 0.2) is 0 Å². The topological polar surface area (TPSA) is 78.1 Å². The molecular weight excluding hydrogens is 456 g/mol. The second-order valence-corrected chi connectivity index (χ2v) is 10.1. The molecule has 0 saturated carbocycles. The van der Waals surface area contributed by atoms with E-state index in [0.29, 0.717) is 30.5 Å². The number of amides is 2. The number of thiazole rings is 1. The molecule has 1 saturated heterocycles. The average Bonchev–Trinajstić information content (AvgIpc) is 3.42. The second-order valence-electron chi connectivity index (χ2n) is 8.58. The van der Waals surface area contributed by atoms with E-state index in [1.807, 2.05) is 53.6 Å². The molecule has 1 aliphatic rings. The Bertz CT molecular complexity index is 1320. The maximum absolute atomic E-state index is 13.4. The Morgan fingerprint density at radius 2 is 2.03 bits per heavy atom. The monoisotopic (exact) mass is 480 g/mol. The van der Waals surface area contributed by atoms with Crippen molar-refractivity contribution in [2.45, 2.75) is 38.1 Å². The van der Waals surface area contributed by atoms with Crippen LogP contribution in [-0.2, 0) is 16.0 Å². The molecule has 0 bridgehead atoms. The number of carbonyl (C=O) groups excluding carboxylic acids is 2. The Morgan fingerprint density at radius 1 is 1.24 bits per heavy atom. The van der Waals surface area contributed by atoms with Gasteiger partial charge in [-0.2, -0.15) is 0 Å². The Balaban J connectivity index is 1.28. The highest BCUT2D eigenvalue weighted by molar-refractivity contribution is 7.18. The SMILES string of the molecule is CC(=O)N[C@@H](Cc1c[nH]c2ccccc12)C(=O)N1CCC(c2nc3cc(Cl)ccc3s2)CC1. The highest BCUT2D eigenvalue weighted by Gasteiger charge is 2.31. The van der Waals surface area contributed by atoms with Gasteiger partial charge in [0.2, 0.25) is 11.8 Å². The van der Waals surface area contributed by atoms with Crippen molar-refractivity contribution in [2.75, 3.05) is 13.1 Å². The van der Waals surface area contributed by atoms with E-state index in [1.54, 1.807) is 11.3 Å². The summed E-state index contributed by atoms with van der Waals surface area (Å²) >= 11 is 7.81. The first-order valence-electron chi connectivity index (χ1n) is 11.1. The number of aromatic nitrogens is 2. The molecule has 8 heteroatoms. The number of rotatable bonds is 5. The van der Waals surface area contributed by atoms with Gasteiger partial charge in [0.1, 0.15) is 6.04 Å². The highest BCUT2D eigenvalue weighted by atomic mass is 35.5. The number of H-pyrrole nitrogens is 1. The maximum atomic E-state index is 13.4. The third kappa shape index (κ3) is 4.61. The zero-order chi connectivity index (χ0) is 22.9. The Hall–Kier alpha value is -2.90. The third-order valence-corrected chi connectivity index (χ3v) is 7.73. The molecule has 2 aromatic carbocycles. The summed E-state index contributed by atoms with van der Waals surface area (Å²) in [5.74, 6) is 0.110. The van der Waals surface area contributed by atoms with Crippen LogP contribution in [-0.4, -0.2) is 45.8 Å². The van der Waals surface area contributed by atoms with Gasteiger partial charge < -0.3 is 15.2 Å². The molecule has 0 unspecified atom stereocenters. The Kier molecular flexibility index (Phi) is 6.08. The number of nitrogens with one attached hydrogen (secondary N) is 2. The standard InChI is InChI=1S/C25H25ClN4O2S/c1-15(31)28-22(12-17-14-27-20-5-3-2-4-19(17)20)25(32)30-10-8-16(9-11-30)24-29-21-13-18(26)6-7-23(21)33-24/h2-7,13-14,16,22,27H,8-12H2,1H3,(H,28,31)/t22-/m0/s1. The number of piperidine rings is 1. The molecule has 170 valence electrons. The molecule has 2 amide bonds. The van der Waals surface area contributed by atoms with Gasteiger partial charge in [0, 0.05) is 54.5 Å². The van der Waals surface area contributed by atoms with E-state index >= 15 is 0 Å². The number of para-hydroxylation sites is 1. The summed E-state index contributed by atoms with van der Waals surface area (Å²) < 4.78 is 1.14. The van der Waals surface area contributed by atoms with Crippen molar-refractivity contribution in [1.82, 2.24) is 20.2 Å². The quantitative estimate of drug-likeness (QED) is 0.427. The third-order valence-electron chi connectivity index (χ3n) is 6.30. The van der Waals surface area contributed by atoms with Gasteiger partial charge in [-0.25, -0.2) is 4.98 Å². The van der Waals surface area contributed by atoms with Crippen LogP contribution < -0.4 is 5.32 Å². The van der Waals surface area contributed by atoms with Crippen molar-refractivity contribution < 1.29 is 9.59 Å². The molecular formula is C25H25ClN4O2S. The van der Waals surface area contributed by atoms with Gasteiger partial charge in [-0.3, -0.25) is 9.59 Å².